The molecule has 1 aliphatic rings. The predicted octanol–water partition coefficient (Wildman–Crippen LogP) is 3.13. The number of aromatic nitrogens is 1. The highest BCUT2D eigenvalue weighted by molar-refractivity contribution is 5.96. The third-order valence-corrected chi connectivity index (χ3v) is 5.08. The first kappa shape index (κ1) is 15.1. The monoisotopic (exact) mass is 300 g/mol. The van der Waals surface area contributed by atoms with Crippen molar-refractivity contribution in [1.29, 1.82) is 0 Å². The number of hydrogen-bond donors (Lipinski definition) is 1. The molecule has 0 amide bonds. The van der Waals surface area contributed by atoms with Gasteiger partial charge >= 0.3 is 5.97 Å². The maximum atomic E-state index is 11.4. The summed E-state index contributed by atoms with van der Waals surface area (Å²) in [6, 6.07) is 3.87. The Hall–Kier alpha value is -1.81. The van der Waals surface area contributed by atoms with Crippen LogP contribution in [-0.4, -0.2) is 40.2 Å². The number of aromatic carboxylic acids is 1. The number of likely N-dealkylation sites (tertiary alicyclic amines) is 1. The van der Waals surface area contributed by atoms with Gasteiger partial charge in [-0.1, -0.05) is 0 Å². The van der Waals surface area contributed by atoms with Crippen molar-refractivity contribution in [2.24, 2.45) is 7.05 Å². The summed E-state index contributed by atoms with van der Waals surface area (Å²) in [6.45, 7) is 7.54. The molecule has 0 radical (unpaired) electrons. The summed E-state index contributed by atoms with van der Waals surface area (Å²) in [5, 5.41) is 10.5. The van der Waals surface area contributed by atoms with Gasteiger partial charge < -0.3 is 14.6 Å². The van der Waals surface area contributed by atoms with E-state index in [4.69, 9.17) is 0 Å². The molecule has 1 fully saturated rings. The number of carboxylic acid groups (broad SMARTS) is 1. The maximum Gasteiger partial charge on any atom is 0.336 e. The maximum absolute atomic E-state index is 11.4. The summed E-state index contributed by atoms with van der Waals surface area (Å²) in [7, 11) is 2.03. The van der Waals surface area contributed by atoms with E-state index in [0.29, 0.717) is 5.56 Å². The van der Waals surface area contributed by atoms with Gasteiger partial charge in [0.15, 0.2) is 0 Å². The Morgan fingerprint density at radius 3 is 2.55 bits per heavy atom. The molecule has 0 bridgehead atoms. The average Bonchev–Trinajstić information content (AvgIpc) is 3.06. The van der Waals surface area contributed by atoms with Crippen molar-refractivity contribution in [2.75, 3.05) is 19.6 Å². The summed E-state index contributed by atoms with van der Waals surface area (Å²) in [4.78, 5) is 13.9. The van der Waals surface area contributed by atoms with E-state index in [1.54, 1.807) is 0 Å². The Bertz CT molecular complexity index is 724. The van der Waals surface area contributed by atoms with Crippen LogP contribution in [0, 0.1) is 13.8 Å². The summed E-state index contributed by atoms with van der Waals surface area (Å²) in [5.41, 5.74) is 4.88. The molecule has 4 heteroatoms. The van der Waals surface area contributed by atoms with Gasteiger partial charge in [-0.2, -0.15) is 0 Å². The Morgan fingerprint density at radius 1 is 1.23 bits per heavy atom. The predicted molar refractivity (Wildman–Crippen MR) is 88.7 cm³/mol. The summed E-state index contributed by atoms with van der Waals surface area (Å²) < 4.78 is 2.13. The molecule has 1 aliphatic heterocycles. The second-order valence-corrected chi connectivity index (χ2v) is 6.41. The fourth-order valence-corrected chi connectivity index (χ4v) is 3.62. The quantitative estimate of drug-likeness (QED) is 0.943. The zero-order valence-electron chi connectivity index (χ0n) is 13.6. The lowest BCUT2D eigenvalue weighted by atomic mass is 10.0. The van der Waals surface area contributed by atoms with Crippen LogP contribution in [0.3, 0.4) is 0 Å². The van der Waals surface area contributed by atoms with Crippen LogP contribution in [-0.2, 0) is 13.5 Å². The van der Waals surface area contributed by atoms with Crippen molar-refractivity contribution < 1.29 is 9.90 Å². The normalized spacial score (nSPS) is 15.8. The Labute approximate surface area is 131 Å². The van der Waals surface area contributed by atoms with Gasteiger partial charge in [-0.05, 0) is 69.5 Å². The van der Waals surface area contributed by atoms with Gasteiger partial charge in [0.25, 0.3) is 0 Å². The number of benzene rings is 1. The molecule has 2 aromatic rings. The molecule has 0 atom stereocenters. The van der Waals surface area contributed by atoms with Crippen LogP contribution < -0.4 is 0 Å². The fourth-order valence-electron chi connectivity index (χ4n) is 3.62. The number of fused-ring (bicyclic) bond motifs is 1. The van der Waals surface area contributed by atoms with Crippen molar-refractivity contribution in [3.8, 4) is 0 Å². The van der Waals surface area contributed by atoms with Crippen molar-refractivity contribution in [2.45, 2.75) is 33.1 Å². The Balaban J connectivity index is 2.00. The van der Waals surface area contributed by atoms with Crippen LogP contribution in [0.4, 0.5) is 0 Å². The first-order valence-corrected chi connectivity index (χ1v) is 8.03. The lowest BCUT2D eigenvalue weighted by Crippen LogP contribution is -2.22. The smallest absolute Gasteiger partial charge is 0.336 e. The molecule has 118 valence electrons. The minimum atomic E-state index is -0.850. The van der Waals surface area contributed by atoms with Gasteiger partial charge in [0.2, 0.25) is 0 Å². The SMILES string of the molecule is Cc1cc2c(CCN3CCCC3)c(C)n(C)c2cc1C(=O)O. The highest BCUT2D eigenvalue weighted by Gasteiger charge is 2.18. The molecule has 4 nitrogen and oxygen atoms in total. The number of hydrogen-bond acceptors (Lipinski definition) is 2. The third-order valence-electron chi connectivity index (χ3n) is 5.08. The van der Waals surface area contributed by atoms with Gasteiger partial charge in [0.05, 0.1) is 5.56 Å². The van der Waals surface area contributed by atoms with E-state index in [1.165, 1.54) is 42.6 Å². The van der Waals surface area contributed by atoms with E-state index in [1.807, 2.05) is 26.1 Å². The second-order valence-electron chi connectivity index (χ2n) is 6.41. The molecule has 0 aliphatic carbocycles. The molecule has 3 rings (SSSR count). The molecular formula is C18H24N2O2. The minimum absolute atomic E-state index is 0.402. The molecule has 1 N–H and O–H groups in total. The number of carbonyl (C=O) groups is 1. The van der Waals surface area contributed by atoms with Crippen molar-refractivity contribution in [1.82, 2.24) is 9.47 Å². The van der Waals surface area contributed by atoms with E-state index in [2.05, 4.69) is 16.4 Å². The lowest BCUT2D eigenvalue weighted by molar-refractivity contribution is 0.0696. The molecule has 1 saturated heterocycles. The largest absolute Gasteiger partial charge is 0.478 e. The third kappa shape index (κ3) is 2.52. The number of aryl methyl sites for hydroxylation is 2. The molecule has 1 aromatic carbocycles. The van der Waals surface area contributed by atoms with E-state index in [-0.39, 0.29) is 0 Å². The second kappa shape index (κ2) is 5.76. The van der Waals surface area contributed by atoms with Gasteiger partial charge in [-0.15, -0.1) is 0 Å². The average molecular weight is 300 g/mol. The topological polar surface area (TPSA) is 45.5 Å². The van der Waals surface area contributed by atoms with Crippen molar-refractivity contribution in [3.63, 3.8) is 0 Å². The van der Waals surface area contributed by atoms with Gasteiger partial charge in [-0.3, -0.25) is 0 Å². The Morgan fingerprint density at radius 2 is 1.91 bits per heavy atom. The lowest BCUT2D eigenvalue weighted by Gasteiger charge is -2.14. The van der Waals surface area contributed by atoms with Crippen LogP contribution in [0.1, 0.15) is 40.0 Å². The van der Waals surface area contributed by atoms with Crippen LogP contribution >= 0.6 is 0 Å². The Kier molecular flexibility index (Phi) is 3.96. The van der Waals surface area contributed by atoms with E-state index in [9.17, 15) is 9.90 Å². The summed E-state index contributed by atoms with van der Waals surface area (Å²) in [5.74, 6) is -0.850. The van der Waals surface area contributed by atoms with E-state index < -0.39 is 5.97 Å². The molecule has 22 heavy (non-hydrogen) atoms. The van der Waals surface area contributed by atoms with Gasteiger partial charge in [0, 0.05) is 30.2 Å². The highest BCUT2D eigenvalue weighted by Crippen LogP contribution is 2.29. The zero-order valence-corrected chi connectivity index (χ0v) is 13.6. The van der Waals surface area contributed by atoms with Crippen molar-refractivity contribution in [3.05, 3.63) is 34.5 Å². The number of rotatable bonds is 4. The molecule has 0 saturated carbocycles. The minimum Gasteiger partial charge on any atom is -0.478 e. The number of nitrogens with zero attached hydrogens (tertiary/aromatic N) is 2. The molecule has 0 spiro atoms. The first-order valence-electron chi connectivity index (χ1n) is 8.03. The molecular weight excluding hydrogens is 276 g/mol. The fraction of sp³-hybridized carbons (Fsp3) is 0.500. The van der Waals surface area contributed by atoms with Gasteiger partial charge in [0.1, 0.15) is 0 Å². The van der Waals surface area contributed by atoms with E-state index in [0.717, 1.165) is 24.0 Å². The van der Waals surface area contributed by atoms with Crippen LogP contribution in [0.2, 0.25) is 0 Å². The summed E-state index contributed by atoms with van der Waals surface area (Å²) >= 11 is 0. The van der Waals surface area contributed by atoms with Gasteiger partial charge in [-0.25, -0.2) is 4.79 Å². The first-order chi connectivity index (χ1) is 10.5. The van der Waals surface area contributed by atoms with E-state index >= 15 is 0 Å². The summed E-state index contributed by atoms with van der Waals surface area (Å²) in [6.07, 6.45) is 3.67. The van der Waals surface area contributed by atoms with Crippen LogP contribution in [0.25, 0.3) is 10.9 Å². The highest BCUT2D eigenvalue weighted by atomic mass is 16.4. The standard InChI is InChI=1S/C18H24N2O2/c1-12-10-16-14(6-9-20-7-4-5-8-20)13(2)19(3)17(16)11-15(12)18(21)22/h10-11H,4-9H2,1-3H3,(H,21,22). The molecule has 1 aromatic heterocycles. The molecule has 0 unspecified atom stereocenters. The van der Waals surface area contributed by atoms with Crippen molar-refractivity contribution >= 4 is 16.9 Å². The zero-order chi connectivity index (χ0) is 15.9. The number of carboxylic acids is 1. The van der Waals surface area contributed by atoms with Crippen LogP contribution in [0.5, 0.6) is 0 Å². The molecule has 2 heterocycles. The van der Waals surface area contributed by atoms with Crippen LogP contribution in [0.15, 0.2) is 12.1 Å².